The van der Waals surface area contributed by atoms with Crippen molar-refractivity contribution in [2.75, 3.05) is 11.5 Å². The topological polar surface area (TPSA) is 71.9 Å². The van der Waals surface area contributed by atoms with Crippen LogP contribution in [-0.4, -0.2) is 29.7 Å². The second-order valence-corrected chi connectivity index (χ2v) is 6.98. The summed E-state index contributed by atoms with van der Waals surface area (Å²) in [5.74, 6) is 0.784. The van der Waals surface area contributed by atoms with Gasteiger partial charge >= 0.3 is 0 Å². The number of rotatable bonds is 2. The molecule has 0 aromatic carbocycles. The maximum absolute atomic E-state index is 11.7. The third kappa shape index (κ3) is 1.71. The van der Waals surface area contributed by atoms with Crippen molar-refractivity contribution in [3.8, 4) is 0 Å². The zero-order chi connectivity index (χ0) is 11.3. The van der Waals surface area contributed by atoms with Gasteiger partial charge in [0.2, 0.25) is 0 Å². The van der Waals surface area contributed by atoms with E-state index in [4.69, 9.17) is 0 Å². The van der Waals surface area contributed by atoms with Crippen molar-refractivity contribution >= 4 is 9.84 Å². The Bertz CT molecular complexity index is 565. The standard InChI is InChI=1S/C10H14N2O3S/c13-10-5-9(7-1-2-7)11-12(10)8-3-4-16(14,15)6-8/h5,7-8,11H,1-4,6H2. The second kappa shape index (κ2) is 3.23. The van der Waals surface area contributed by atoms with Crippen LogP contribution >= 0.6 is 0 Å². The fraction of sp³-hybridized carbons (Fsp3) is 0.700. The van der Waals surface area contributed by atoms with Crippen LogP contribution in [0.4, 0.5) is 0 Å². The molecule has 0 amide bonds. The largest absolute Gasteiger partial charge is 0.299 e. The molecule has 2 aliphatic rings. The monoisotopic (exact) mass is 242 g/mol. The molecule has 6 heteroatoms. The van der Waals surface area contributed by atoms with Gasteiger partial charge in [0.1, 0.15) is 0 Å². The molecule has 0 bridgehead atoms. The number of nitrogens with zero attached hydrogens (tertiary/aromatic N) is 1. The Kier molecular flexibility index (Phi) is 2.04. The summed E-state index contributed by atoms with van der Waals surface area (Å²) in [6.45, 7) is 0. The summed E-state index contributed by atoms with van der Waals surface area (Å²) in [5.41, 5.74) is 0.873. The van der Waals surface area contributed by atoms with E-state index in [1.807, 2.05) is 0 Å². The first-order valence-electron chi connectivity index (χ1n) is 5.57. The molecule has 1 aliphatic carbocycles. The molecule has 88 valence electrons. The molecule has 1 saturated carbocycles. The Labute approximate surface area is 93.4 Å². The van der Waals surface area contributed by atoms with Gasteiger partial charge in [-0.05, 0) is 19.3 Å². The van der Waals surface area contributed by atoms with Gasteiger partial charge in [-0.15, -0.1) is 0 Å². The van der Waals surface area contributed by atoms with Crippen LogP contribution in [0, 0.1) is 0 Å². The molecule has 1 N–H and O–H groups in total. The Hall–Kier alpha value is -1.04. The lowest BCUT2D eigenvalue weighted by molar-refractivity contribution is 0.482. The molecule has 1 aromatic heterocycles. The molecule has 2 fully saturated rings. The van der Waals surface area contributed by atoms with E-state index in [-0.39, 0.29) is 23.1 Å². The van der Waals surface area contributed by atoms with Gasteiger partial charge in [-0.25, -0.2) is 13.1 Å². The van der Waals surface area contributed by atoms with Crippen LogP contribution < -0.4 is 5.56 Å². The smallest absolute Gasteiger partial charge is 0.267 e. The molecule has 16 heavy (non-hydrogen) atoms. The molecule has 5 nitrogen and oxygen atoms in total. The van der Waals surface area contributed by atoms with Crippen LogP contribution in [0.1, 0.15) is 36.9 Å². The first-order chi connectivity index (χ1) is 7.55. The SMILES string of the molecule is O=c1cc(C2CC2)[nH]n1C1CCS(=O)(=O)C1. The van der Waals surface area contributed by atoms with E-state index in [9.17, 15) is 13.2 Å². The molecule has 1 atom stereocenters. The van der Waals surface area contributed by atoms with Gasteiger partial charge in [-0.2, -0.15) is 0 Å². The van der Waals surface area contributed by atoms with Gasteiger partial charge in [0.25, 0.3) is 5.56 Å². The van der Waals surface area contributed by atoms with Gasteiger partial charge in [-0.3, -0.25) is 9.89 Å². The van der Waals surface area contributed by atoms with Crippen LogP contribution in [-0.2, 0) is 9.84 Å². The number of sulfone groups is 1. The van der Waals surface area contributed by atoms with Gasteiger partial charge in [0, 0.05) is 17.7 Å². The van der Waals surface area contributed by atoms with Crippen molar-refractivity contribution in [3.05, 3.63) is 22.1 Å². The lowest BCUT2D eigenvalue weighted by atomic mass is 10.3. The summed E-state index contributed by atoms with van der Waals surface area (Å²) in [5, 5.41) is 3.06. The fourth-order valence-corrected chi connectivity index (χ4v) is 3.98. The lowest BCUT2D eigenvalue weighted by Crippen LogP contribution is -2.22. The van der Waals surface area contributed by atoms with Crippen molar-refractivity contribution in [3.63, 3.8) is 0 Å². The van der Waals surface area contributed by atoms with Crippen molar-refractivity contribution in [2.45, 2.75) is 31.2 Å². The zero-order valence-electron chi connectivity index (χ0n) is 8.85. The molecule has 0 spiro atoms. The number of aromatic amines is 1. The highest BCUT2D eigenvalue weighted by Crippen LogP contribution is 2.38. The third-order valence-electron chi connectivity index (χ3n) is 3.36. The minimum atomic E-state index is -2.94. The van der Waals surface area contributed by atoms with Crippen molar-refractivity contribution < 1.29 is 8.42 Å². The number of nitrogens with one attached hydrogen (secondary N) is 1. The fourth-order valence-electron chi connectivity index (χ4n) is 2.28. The summed E-state index contributed by atoms with van der Waals surface area (Å²) in [7, 11) is -2.94. The Morgan fingerprint density at radius 3 is 2.62 bits per heavy atom. The van der Waals surface area contributed by atoms with E-state index in [0.717, 1.165) is 18.5 Å². The molecule has 1 aromatic rings. The van der Waals surface area contributed by atoms with E-state index >= 15 is 0 Å². The molecule has 1 saturated heterocycles. The van der Waals surface area contributed by atoms with Crippen molar-refractivity contribution in [2.24, 2.45) is 0 Å². The first kappa shape index (κ1) is 10.1. The van der Waals surface area contributed by atoms with E-state index in [0.29, 0.717) is 12.3 Å². The predicted octanol–water partition coefficient (Wildman–Crippen LogP) is 0.413. The number of aromatic nitrogens is 2. The highest BCUT2D eigenvalue weighted by atomic mass is 32.2. The number of hydrogen-bond donors (Lipinski definition) is 1. The molecule has 2 heterocycles. The van der Waals surface area contributed by atoms with E-state index in [1.165, 1.54) is 4.68 Å². The van der Waals surface area contributed by atoms with Crippen LogP contribution in [0.2, 0.25) is 0 Å². The van der Waals surface area contributed by atoms with Gasteiger partial charge in [0.05, 0.1) is 17.5 Å². The summed E-state index contributed by atoms with van der Waals surface area (Å²) in [6.07, 6.45) is 2.80. The van der Waals surface area contributed by atoms with Crippen molar-refractivity contribution in [1.82, 2.24) is 9.78 Å². The molecule has 0 radical (unpaired) electrons. The number of H-pyrrole nitrogens is 1. The minimum Gasteiger partial charge on any atom is -0.299 e. The van der Waals surface area contributed by atoms with E-state index < -0.39 is 9.84 Å². The van der Waals surface area contributed by atoms with E-state index in [2.05, 4.69) is 5.10 Å². The van der Waals surface area contributed by atoms with Gasteiger partial charge in [-0.1, -0.05) is 0 Å². The van der Waals surface area contributed by atoms with Gasteiger partial charge in [0.15, 0.2) is 9.84 Å². The van der Waals surface area contributed by atoms with Crippen LogP contribution in [0.25, 0.3) is 0 Å². The highest BCUT2D eigenvalue weighted by molar-refractivity contribution is 7.91. The third-order valence-corrected chi connectivity index (χ3v) is 5.11. The maximum atomic E-state index is 11.7. The number of hydrogen-bond acceptors (Lipinski definition) is 3. The van der Waals surface area contributed by atoms with Crippen LogP contribution in [0.15, 0.2) is 10.9 Å². The first-order valence-corrected chi connectivity index (χ1v) is 7.39. The summed E-state index contributed by atoms with van der Waals surface area (Å²) < 4.78 is 24.2. The lowest BCUT2D eigenvalue weighted by Gasteiger charge is -2.08. The normalized spacial score (nSPS) is 28.4. The summed E-state index contributed by atoms with van der Waals surface area (Å²) >= 11 is 0. The van der Waals surface area contributed by atoms with Crippen LogP contribution in [0.5, 0.6) is 0 Å². The predicted molar refractivity (Wildman–Crippen MR) is 59.3 cm³/mol. The van der Waals surface area contributed by atoms with E-state index in [1.54, 1.807) is 6.07 Å². The molecular formula is C10H14N2O3S. The Morgan fingerprint density at radius 1 is 1.31 bits per heavy atom. The van der Waals surface area contributed by atoms with Crippen molar-refractivity contribution in [1.29, 1.82) is 0 Å². The summed E-state index contributed by atoms with van der Waals surface area (Å²) in [6, 6.07) is 1.42. The molecular weight excluding hydrogens is 228 g/mol. The molecule has 1 aliphatic heterocycles. The Morgan fingerprint density at radius 2 is 2.06 bits per heavy atom. The highest BCUT2D eigenvalue weighted by Gasteiger charge is 2.32. The molecule has 3 rings (SSSR count). The average molecular weight is 242 g/mol. The van der Waals surface area contributed by atoms with Gasteiger partial charge < -0.3 is 0 Å². The minimum absolute atomic E-state index is 0.0935. The maximum Gasteiger partial charge on any atom is 0.267 e. The average Bonchev–Trinajstić information content (AvgIpc) is 2.89. The Balaban J connectivity index is 1.92. The van der Waals surface area contributed by atoms with Crippen LogP contribution in [0.3, 0.4) is 0 Å². The molecule has 1 unspecified atom stereocenters. The summed E-state index contributed by atoms with van der Waals surface area (Å²) in [4.78, 5) is 11.7. The zero-order valence-corrected chi connectivity index (χ0v) is 9.66. The quantitative estimate of drug-likeness (QED) is 0.816. The second-order valence-electron chi connectivity index (χ2n) is 4.75.